The largest absolute Gasteiger partial charge is 0.716 e. The van der Waals surface area contributed by atoms with Gasteiger partial charge in [-0.25, -0.2) is 0 Å². The fraction of sp³-hybridized carbons (Fsp3) is 0.833. The summed E-state index contributed by atoms with van der Waals surface area (Å²) in [5, 5.41) is 0. The van der Waals surface area contributed by atoms with Crippen LogP contribution in [0.2, 0.25) is 0 Å². The molecule has 0 amide bonds. The first-order valence-corrected chi connectivity index (χ1v) is 4.79. The Labute approximate surface area is 72.1 Å². The summed E-state index contributed by atoms with van der Waals surface area (Å²) in [4.78, 5) is 10.9. The van der Waals surface area contributed by atoms with E-state index in [-0.39, 0.29) is 12.4 Å². The second-order valence-corrected chi connectivity index (χ2v) is 3.16. The maximum atomic E-state index is 10.9. The normalized spacial score (nSPS) is 11.3. The van der Waals surface area contributed by atoms with Gasteiger partial charge in [-0.1, -0.05) is 13.3 Å². The van der Waals surface area contributed by atoms with Crippen LogP contribution in [0, 0.1) is 0 Å². The van der Waals surface area contributed by atoms with Crippen LogP contribution in [-0.4, -0.2) is 12.4 Å². The summed E-state index contributed by atoms with van der Waals surface area (Å²) >= 11 is 0. The van der Waals surface area contributed by atoms with Crippen LogP contribution in [0.3, 0.4) is 0 Å². The summed E-state index contributed by atoms with van der Waals surface area (Å²) in [5.74, 6) is 4.45. The molecule has 70 valence electrons. The molecule has 5 nitrogen and oxygen atoms in total. The first kappa shape index (κ1) is 11.6. The highest BCUT2D eigenvalue weighted by molar-refractivity contribution is 7.33. The van der Waals surface area contributed by atoms with E-state index in [9.17, 15) is 9.36 Å². The van der Waals surface area contributed by atoms with E-state index in [1.54, 1.807) is 0 Å². The monoisotopic (exact) mass is 194 g/mol. The van der Waals surface area contributed by atoms with Gasteiger partial charge >= 0.3 is 8.25 Å². The predicted molar refractivity (Wildman–Crippen MR) is 43.4 cm³/mol. The second kappa shape index (κ2) is 7.31. The van der Waals surface area contributed by atoms with E-state index in [0.29, 0.717) is 6.42 Å². The van der Waals surface area contributed by atoms with Crippen molar-refractivity contribution in [1.82, 2.24) is 0 Å². The van der Waals surface area contributed by atoms with Crippen LogP contribution in [0.4, 0.5) is 0 Å². The lowest BCUT2D eigenvalue weighted by atomic mass is 10.2. The molecule has 0 fully saturated rings. The van der Waals surface area contributed by atoms with Gasteiger partial charge in [0.05, 0.1) is 0 Å². The number of unbranched alkanes of at least 4 members (excludes halogenated alkanes) is 1. The van der Waals surface area contributed by atoms with Crippen molar-refractivity contribution < 1.29 is 18.5 Å². The van der Waals surface area contributed by atoms with Gasteiger partial charge in [-0.2, -0.15) is 5.90 Å². The number of hydrogen-bond acceptors (Lipinski definition) is 5. The van der Waals surface area contributed by atoms with Crippen molar-refractivity contribution in [3.8, 4) is 0 Å². The van der Waals surface area contributed by atoms with Gasteiger partial charge in [0.25, 0.3) is 0 Å². The third-order valence-corrected chi connectivity index (χ3v) is 1.74. The second-order valence-electron chi connectivity index (χ2n) is 2.24. The van der Waals surface area contributed by atoms with E-state index in [4.69, 9.17) is 0 Å². The number of hydrogen-bond donors (Lipinski definition) is 1. The van der Waals surface area contributed by atoms with Gasteiger partial charge in [0, 0.05) is 11.0 Å². The Kier molecular flexibility index (Phi) is 7.09. The van der Waals surface area contributed by atoms with Crippen molar-refractivity contribution in [2.45, 2.75) is 26.2 Å². The molecule has 0 aromatic rings. The van der Waals surface area contributed by atoms with Gasteiger partial charge in [0.1, 0.15) is 0 Å². The molecule has 0 aliphatic carbocycles. The molecule has 0 heterocycles. The molecule has 0 saturated carbocycles. The van der Waals surface area contributed by atoms with E-state index in [0.717, 1.165) is 12.8 Å². The Morgan fingerprint density at radius 2 is 2.25 bits per heavy atom. The van der Waals surface area contributed by atoms with Crippen LogP contribution in [0.25, 0.3) is 0 Å². The van der Waals surface area contributed by atoms with Crippen LogP contribution < -0.4 is 5.90 Å². The Bertz CT molecular complexity index is 162. The molecule has 12 heavy (non-hydrogen) atoms. The van der Waals surface area contributed by atoms with Crippen LogP contribution >= 0.6 is 8.25 Å². The number of carbonyl (C=O) groups is 1. The summed E-state index contributed by atoms with van der Waals surface area (Å²) in [7, 11) is -2.32. The molecule has 0 aliphatic heterocycles. The van der Waals surface area contributed by atoms with Crippen molar-refractivity contribution in [2.75, 3.05) is 6.61 Å². The summed E-state index contributed by atoms with van der Waals surface area (Å²) in [6.45, 7) is 1.80. The molecule has 0 radical (unpaired) electrons. The zero-order chi connectivity index (χ0) is 9.40. The number of ketones is 1. The van der Waals surface area contributed by atoms with Crippen LogP contribution in [0.15, 0.2) is 0 Å². The van der Waals surface area contributed by atoms with Crippen molar-refractivity contribution in [1.29, 1.82) is 0 Å². The minimum Gasteiger partial charge on any atom is -0.297 e. The number of rotatable bonds is 7. The zero-order valence-electron chi connectivity index (χ0n) is 6.99. The Morgan fingerprint density at radius 1 is 1.58 bits per heavy atom. The topological polar surface area (TPSA) is 78.6 Å². The standard InChI is InChI=1S/C6H13NO4P/c1-2-3-4-6(8)5-10-12(9)11-7/h2-5,7H2,1H3/q+1. The van der Waals surface area contributed by atoms with E-state index in [1.165, 1.54) is 0 Å². The van der Waals surface area contributed by atoms with Crippen LogP contribution in [0.1, 0.15) is 26.2 Å². The highest BCUT2D eigenvalue weighted by Gasteiger charge is 2.19. The average Bonchev–Trinajstić information content (AvgIpc) is 2.10. The number of carbonyl (C=O) groups excluding carboxylic acids is 1. The Balaban J connectivity index is 3.37. The molecule has 1 unspecified atom stereocenters. The first-order valence-electron chi connectivity index (χ1n) is 3.69. The molecule has 2 N–H and O–H groups in total. The molecule has 0 rings (SSSR count). The van der Waals surface area contributed by atoms with Crippen LogP contribution in [-0.2, 0) is 18.5 Å². The summed E-state index contributed by atoms with van der Waals surface area (Å²) in [6.07, 6.45) is 2.22. The molecule has 0 aromatic carbocycles. The van der Waals surface area contributed by atoms with Crippen molar-refractivity contribution in [3.05, 3.63) is 0 Å². The Hall–Kier alpha value is -0.350. The van der Waals surface area contributed by atoms with Crippen LogP contribution in [0.5, 0.6) is 0 Å². The highest BCUT2D eigenvalue weighted by Crippen LogP contribution is 2.19. The quantitative estimate of drug-likeness (QED) is 0.488. The minimum absolute atomic E-state index is 0.0859. The average molecular weight is 194 g/mol. The molecular weight excluding hydrogens is 181 g/mol. The zero-order valence-corrected chi connectivity index (χ0v) is 7.88. The molecule has 0 aromatic heterocycles. The fourth-order valence-corrected chi connectivity index (χ4v) is 0.912. The van der Waals surface area contributed by atoms with E-state index in [1.807, 2.05) is 6.92 Å². The summed E-state index contributed by atoms with van der Waals surface area (Å²) in [6, 6.07) is 0. The van der Waals surface area contributed by atoms with Gasteiger partial charge in [0.15, 0.2) is 12.4 Å². The number of Topliss-reactive ketones (excluding diaryl/α,β-unsaturated/α-hetero) is 1. The maximum Gasteiger partial charge on any atom is 0.716 e. The fourth-order valence-electron chi connectivity index (χ4n) is 0.601. The van der Waals surface area contributed by atoms with E-state index < -0.39 is 8.25 Å². The van der Waals surface area contributed by atoms with Gasteiger partial charge in [0.2, 0.25) is 0 Å². The first-order chi connectivity index (χ1) is 5.70. The van der Waals surface area contributed by atoms with Gasteiger partial charge in [-0.05, 0) is 11.0 Å². The van der Waals surface area contributed by atoms with Crippen molar-refractivity contribution in [3.63, 3.8) is 0 Å². The van der Waals surface area contributed by atoms with E-state index in [2.05, 4.69) is 15.0 Å². The summed E-state index contributed by atoms with van der Waals surface area (Å²) < 4.78 is 18.7. The van der Waals surface area contributed by atoms with Crippen molar-refractivity contribution >= 4 is 14.0 Å². The highest BCUT2D eigenvalue weighted by atomic mass is 31.1. The van der Waals surface area contributed by atoms with Gasteiger partial charge < -0.3 is 0 Å². The molecule has 1 atom stereocenters. The minimum atomic E-state index is -2.32. The van der Waals surface area contributed by atoms with Gasteiger partial charge in [-0.3, -0.25) is 4.79 Å². The predicted octanol–water partition coefficient (Wildman–Crippen LogP) is 1.31. The smallest absolute Gasteiger partial charge is 0.297 e. The third kappa shape index (κ3) is 6.37. The Morgan fingerprint density at radius 3 is 2.75 bits per heavy atom. The molecule has 0 saturated heterocycles. The number of nitrogens with two attached hydrogens (primary N) is 1. The van der Waals surface area contributed by atoms with E-state index >= 15 is 0 Å². The lowest BCUT2D eigenvalue weighted by molar-refractivity contribution is -0.121. The molecule has 0 spiro atoms. The molecular formula is C6H13NO4P+. The lowest BCUT2D eigenvalue weighted by Crippen LogP contribution is -2.05. The third-order valence-electron chi connectivity index (χ3n) is 1.23. The molecule has 0 bridgehead atoms. The molecule has 6 heteroatoms. The maximum absolute atomic E-state index is 10.9. The SMILES string of the molecule is CCCCC(=O)CO[P+](=O)ON. The van der Waals surface area contributed by atoms with Crippen molar-refractivity contribution in [2.24, 2.45) is 5.90 Å². The lowest BCUT2D eigenvalue weighted by Gasteiger charge is -1.92. The molecule has 0 aliphatic rings. The van der Waals surface area contributed by atoms with Gasteiger partial charge in [-0.15, -0.1) is 4.52 Å². The summed E-state index contributed by atoms with van der Waals surface area (Å²) in [5.41, 5.74) is 0.